The Hall–Kier alpha value is -2.25. The zero-order valence-corrected chi connectivity index (χ0v) is 18.8. The molecule has 0 amide bonds. The fraction of sp³-hybridized carbons (Fsp3) is 0.478. The molecule has 7 heteroatoms. The lowest BCUT2D eigenvalue weighted by molar-refractivity contribution is 0.504. The molecular formula is C23H32N6S. The summed E-state index contributed by atoms with van der Waals surface area (Å²) in [6, 6.07) is 10.1. The van der Waals surface area contributed by atoms with Gasteiger partial charge in [-0.3, -0.25) is 4.31 Å². The van der Waals surface area contributed by atoms with E-state index in [4.69, 9.17) is 5.73 Å². The minimum atomic E-state index is 0.507. The fourth-order valence-electron chi connectivity index (χ4n) is 3.79. The van der Waals surface area contributed by atoms with Crippen LogP contribution in [-0.2, 0) is 0 Å². The van der Waals surface area contributed by atoms with Gasteiger partial charge in [0, 0.05) is 22.2 Å². The summed E-state index contributed by atoms with van der Waals surface area (Å²) >= 11 is 1.69. The summed E-state index contributed by atoms with van der Waals surface area (Å²) in [7, 11) is 4.06. The smallest absolute Gasteiger partial charge is 0.163 e. The topological polar surface area (TPSA) is 71.5 Å². The van der Waals surface area contributed by atoms with Crippen LogP contribution in [0.5, 0.6) is 0 Å². The first-order valence-electron chi connectivity index (χ1n) is 11.0. The SMILES string of the molecule is C1CCCCC1.CN(C)Sc1ccc(Nc2cc(N)nc3c(C4CC4)cnn23)cc1. The highest BCUT2D eigenvalue weighted by Crippen LogP contribution is 2.42. The summed E-state index contributed by atoms with van der Waals surface area (Å²) in [6.45, 7) is 0. The largest absolute Gasteiger partial charge is 0.384 e. The number of nitrogen functional groups attached to an aromatic ring is 1. The Labute approximate surface area is 183 Å². The van der Waals surface area contributed by atoms with Crippen LogP contribution in [0.1, 0.15) is 62.8 Å². The fourth-order valence-corrected chi connectivity index (χ4v) is 4.47. The number of nitrogens with zero attached hydrogens (tertiary/aromatic N) is 4. The van der Waals surface area contributed by atoms with Crippen LogP contribution in [0.4, 0.5) is 17.3 Å². The average Bonchev–Trinajstić information content (AvgIpc) is 3.50. The van der Waals surface area contributed by atoms with Gasteiger partial charge in [0.2, 0.25) is 0 Å². The monoisotopic (exact) mass is 424 g/mol. The maximum Gasteiger partial charge on any atom is 0.163 e. The third kappa shape index (κ3) is 5.46. The second-order valence-electron chi connectivity index (χ2n) is 8.35. The van der Waals surface area contributed by atoms with Gasteiger partial charge in [-0.05, 0) is 69.1 Å². The zero-order chi connectivity index (χ0) is 20.9. The summed E-state index contributed by atoms with van der Waals surface area (Å²) in [5, 5.41) is 7.90. The number of hydrogen-bond acceptors (Lipinski definition) is 6. The molecular weight excluding hydrogens is 392 g/mol. The predicted octanol–water partition coefficient (Wildman–Crippen LogP) is 5.84. The van der Waals surface area contributed by atoms with Gasteiger partial charge in [-0.25, -0.2) is 4.98 Å². The molecule has 2 aliphatic rings. The summed E-state index contributed by atoms with van der Waals surface area (Å²) in [6.07, 6.45) is 13.3. The Morgan fingerprint density at radius 1 is 1.03 bits per heavy atom. The second kappa shape index (κ2) is 9.71. The standard InChI is InChI=1S/C17H20N6S.C6H12/c1-22(2)24-13-7-5-12(6-8-13)20-16-9-15(18)21-17-14(11-3-4-11)10-19-23(16)17;1-2-4-6-5-3-1/h5-11,20H,3-4H2,1-2H3,(H2,18,21);1-6H2. The number of benzene rings is 1. The normalized spacial score (nSPS) is 16.4. The van der Waals surface area contributed by atoms with E-state index in [9.17, 15) is 0 Å². The van der Waals surface area contributed by atoms with Gasteiger partial charge < -0.3 is 11.1 Å². The Bertz CT molecular complexity index is 946. The predicted molar refractivity (Wildman–Crippen MR) is 126 cm³/mol. The van der Waals surface area contributed by atoms with E-state index in [2.05, 4.69) is 44.0 Å². The van der Waals surface area contributed by atoms with E-state index in [1.165, 1.54) is 61.8 Å². The van der Waals surface area contributed by atoms with Crippen LogP contribution < -0.4 is 11.1 Å². The molecule has 0 aliphatic heterocycles. The maximum atomic E-state index is 6.00. The molecule has 2 saturated carbocycles. The van der Waals surface area contributed by atoms with Crippen LogP contribution in [-0.4, -0.2) is 33.0 Å². The molecule has 0 saturated heterocycles. The van der Waals surface area contributed by atoms with Crippen LogP contribution >= 0.6 is 11.9 Å². The van der Waals surface area contributed by atoms with E-state index in [0.717, 1.165) is 17.2 Å². The van der Waals surface area contributed by atoms with Crippen LogP contribution in [0.15, 0.2) is 41.4 Å². The Morgan fingerprint density at radius 3 is 2.23 bits per heavy atom. The molecule has 3 aromatic rings. The molecule has 2 heterocycles. The van der Waals surface area contributed by atoms with Crippen LogP contribution in [0.2, 0.25) is 0 Å². The van der Waals surface area contributed by atoms with E-state index in [-0.39, 0.29) is 0 Å². The van der Waals surface area contributed by atoms with Gasteiger partial charge in [-0.2, -0.15) is 9.61 Å². The minimum Gasteiger partial charge on any atom is -0.384 e. The van der Waals surface area contributed by atoms with E-state index < -0.39 is 0 Å². The molecule has 0 radical (unpaired) electrons. The van der Waals surface area contributed by atoms with Gasteiger partial charge in [0.05, 0.1) is 6.20 Å². The minimum absolute atomic E-state index is 0.507. The van der Waals surface area contributed by atoms with E-state index in [1.807, 2.05) is 30.9 Å². The van der Waals surface area contributed by atoms with Gasteiger partial charge in [-0.1, -0.05) is 38.5 Å². The van der Waals surface area contributed by atoms with Crippen LogP contribution in [0.3, 0.4) is 0 Å². The Morgan fingerprint density at radius 2 is 1.67 bits per heavy atom. The molecule has 0 atom stereocenters. The molecule has 160 valence electrons. The number of fused-ring (bicyclic) bond motifs is 1. The molecule has 0 bridgehead atoms. The highest BCUT2D eigenvalue weighted by molar-refractivity contribution is 7.97. The van der Waals surface area contributed by atoms with Gasteiger partial charge in [0.15, 0.2) is 5.65 Å². The lowest BCUT2D eigenvalue weighted by atomic mass is 10.0. The molecule has 2 fully saturated rings. The number of nitrogens with two attached hydrogens (primary N) is 1. The van der Waals surface area contributed by atoms with Crippen molar-refractivity contribution in [1.29, 1.82) is 0 Å². The lowest BCUT2D eigenvalue weighted by Crippen LogP contribution is -2.04. The van der Waals surface area contributed by atoms with Crippen molar-refractivity contribution in [3.63, 3.8) is 0 Å². The number of aromatic nitrogens is 3. The molecule has 1 aromatic carbocycles. The van der Waals surface area contributed by atoms with Crippen molar-refractivity contribution >= 4 is 34.9 Å². The van der Waals surface area contributed by atoms with Crippen molar-refractivity contribution in [2.24, 2.45) is 0 Å². The number of nitrogens with one attached hydrogen (secondary N) is 1. The van der Waals surface area contributed by atoms with Crippen LogP contribution in [0.25, 0.3) is 5.65 Å². The number of rotatable bonds is 5. The summed E-state index contributed by atoms with van der Waals surface area (Å²) in [5.41, 5.74) is 9.06. The van der Waals surface area contributed by atoms with Gasteiger partial charge in [0.25, 0.3) is 0 Å². The number of hydrogen-bond donors (Lipinski definition) is 2. The molecule has 6 nitrogen and oxygen atoms in total. The van der Waals surface area contributed by atoms with Crippen molar-refractivity contribution < 1.29 is 0 Å². The lowest BCUT2D eigenvalue weighted by Gasteiger charge is -2.11. The summed E-state index contributed by atoms with van der Waals surface area (Å²) in [5.74, 6) is 1.93. The maximum absolute atomic E-state index is 6.00. The molecule has 2 aromatic heterocycles. The third-order valence-electron chi connectivity index (χ3n) is 5.45. The molecule has 30 heavy (non-hydrogen) atoms. The molecule has 0 unspecified atom stereocenters. The summed E-state index contributed by atoms with van der Waals surface area (Å²) in [4.78, 5) is 5.67. The third-order valence-corrected chi connectivity index (χ3v) is 6.30. The van der Waals surface area contributed by atoms with Crippen molar-refractivity contribution in [2.75, 3.05) is 25.1 Å². The highest BCUT2D eigenvalue weighted by atomic mass is 32.2. The molecule has 0 spiro atoms. The van der Waals surface area contributed by atoms with E-state index in [1.54, 1.807) is 11.9 Å². The molecule has 5 rings (SSSR count). The second-order valence-corrected chi connectivity index (χ2v) is 9.73. The van der Waals surface area contributed by atoms with Crippen LogP contribution in [0, 0.1) is 0 Å². The molecule has 2 aliphatic carbocycles. The Kier molecular flexibility index (Phi) is 6.79. The van der Waals surface area contributed by atoms with Crippen molar-refractivity contribution in [3.05, 3.63) is 42.1 Å². The van der Waals surface area contributed by atoms with E-state index in [0.29, 0.717) is 11.7 Å². The Balaban J connectivity index is 0.000000313. The first-order valence-corrected chi connectivity index (χ1v) is 11.7. The first-order chi connectivity index (χ1) is 14.6. The van der Waals surface area contributed by atoms with Gasteiger partial charge >= 0.3 is 0 Å². The number of anilines is 3. The first kappa shape index (κ1) is 21.0. The van der Waals surface area contributed by atoms with Crippen molar-refractivity contribution in [2.45, 2.75) is 62.2 Å². The van der Waals surface area contributed by atoms with Gasteiger partial charge in [-0.15, -0.1) is 0 Å². The summed E-state index contributed by atoms with van der Waals surface area (Å²) < 4.78 is 3.91. The van der Waals surface area contributed by atoms with Crippen molar-refractivity contribution in [1.82, 2.24) is 18.9 Å². The van der Waals surface area contributed by atoms with Crippen molar-refractivity contribution in [3.8, 4) is 0 Å². The zero-order valence-electron chi connectivity index (χ0n) is 18.0. The highest BCUT2D eigenvalue weighted by Gasteiger charge is 2.28. The quantitative estimate of drug-likeness (QED) is 0.501. The van der Waals surface area contributed by atoms with Gasteiger partial charge in [0.1, 0.15) is 11.6 Å². The van der Waals surface area contributed by atoms with E-state index >= 15 is 0 Å². The average molecular weight is 425 g/mol. The molecule has 3 N–H and O–H groups in total.